The molecule has 0 aliphatic carbocycles. The number of hydrogen-bond donors (Lipinski definition) is 4. The van der Waals surface area contributed by atoms with Gasteiger partial charge in [0.05, 0.1) is 33.9 Å². The van der Waals surface area contributed by atoms with E-state index in [2.05, 4.69) is 53.5 Å². The summed E-state index contributed by atoms with van der Waals surface area (Å²) in [5.41, 5.74) is 5.66. The summed E-state index contributed by atoms with van der Waals surface area (Å²) in [5, 5.41) is 15.6. The van der Waals surface area contributed by atoms with Crippen molar-refractivity contribution >= 4 is 62.8 Å². The van der Waals surface area contributed by atoms with Gasteiger partial charge in [-0.05, 0) is 95.9 Å². The lowest BCUT2D eigenvalue weighted by atomic mass is 10.0. The number of aryl methyl sites for hydroxylation is 1. The number of fused-ring (bicyclic) bond motifs is 3. The molecular weight excluding hydrogens is 725 g/mol. The number of anilines is 2. The van der Waals surface area contributed by atoms with Crippen LogP contribution in [0.2, 0.25) is 0 Å². The number of hydrogen-bond acceptors (Lipinski definition) is 10. The fourth-order valence-corrected chi connectivity index (χ4v) is 9.08. The van der Waals surface area contributed by atoms with E-state index < -0.39 is 29.7 Å². The Labute approximate surface area is 329 Å². The summed E-state index contributed by atoms with van der Waals surface area (Å²) in [6.07, 6.45) is 6.97. The standard InChI is InChI=1S/C42H46N10O5/c1-24-28-10-9-25(39(54)46-36-22-31-26(23-44-36)20-32(45-31)33-8-4-16-49(33)2)21-35(28)52(48-24)27-13-18-50(19-14-27)17-5-15-43-30-7-3-6-29-38(30)42(57)51(41(29)56)34-11-12-37(53)47-40(34)55/h3,6-7,9-10,20-23,27,33-34,43,45H,4-5,8,11-19H2,1-2H3,(H,44,46,54)(H,47,53,55)/t33-,34?/m1/s1. The summed E-state index contributed by atoms with van der Waals surface area (Å²) in [6.45, 7) is 6.34. The van der Waals surface area contributed by atoms with Crippen LogP contribution >= 0.6 is 0 Å². The zero-order chi connectivity index (χ0) is 39.4. The normalized spacial score (nSPS) is 20.8. The molecule has 0 bridgehead atoms. The molecule has 1 unspecified atom stereocenters. The highest BCUT2D eigenvalue weighted by molar-refractivity contribution is 6.25. The molecule has 2 aromatic carbocycles. The fraction of sp³-hybridized carbons (Fsp3) is 0.405. The average Bonchev–Trinajstić information content (AvgIpc) is 3.97. The van der Waals surface area contributed by atoms with Crippen LogP contribution in [0.5, 0.6) is 0 Å². The number of nitrogens with zero attached hydrogens (tertiary/aromatic N) is 6. The number of benzene rings is 2. The van der Waals surface area contributed by atoms with Crippen molar-refractivity contribution in [3.63, 3.8) is 0 Å². The molecule has 5 amide bonds. The number of carbonyl (C=O) groups excluding carboxylic acids is 5. The van der Waals surface area contributed by atoms with Gasteiger partial charge in [-0.15, -0.1) is 0 Å². The van der Waals surface area contributed by atoms with Crippen LogP contribution in [0, 0.1) is 6.92 Å². The zero-order valence-corrected chi connectivity index (χ0v) is 32.1. The van der Waals surface area contributed by atoms with Gasteiger partial charge in [-0.3, -0.25) is 43.8 Å². The number of piperidine rings is 2. The van der Waals surface area contributed by atoms with E-state index in [0.29, 0.717) is 29.7 Å². The molecule has 4 aliphatic heterocycles. The van der Waals surface area contributed by atoms with Gasteiger partial charge in [0.15, 0.2) is 0 Å². The molecule has 294 valence electrons. The lowest BCUT2D eigenvalue weighted by Gasteiger charge is -2.32. The third-order valence-corrected chi connectivity index (χ3v) is 12.1. The van der Waals surface area contributed by atoms with Crippen molar-refractivity contribution in [2.24, 2.45) is 0 Å². The second-order valence-corrected chi connectivity index (χ2v) is 15.8. The molecule has 3 saturated heterocycles. The van der Waals surface area contributed by atoms with E-state index in [0.717, 1.165) is 84.3 Å². The van der Waals surface area contributed by atoms with Gasteiger partial charge in [0.25, 0.3) is 17.7 Å². The Bertz CT molecular complexity index is 2450. The maximum absolute atomic E-state index is 13.5. The highest BCUT2D eigenvalue weighted by Crippen LogP contribution is 2.34. The maximum atomic E-state index is 13.5. The van der Waals surface area contributed by atoms with Gasteiger partial charge in [0, 0.05) is 72.1 Å². The molecule has 3 fully saturated rings. The summed E-state index contributed by atoms with van der Waals surface area (Å²) in [6, 6.07) is 14.5. The summed E-state index contributed by atoms with van der Waals surface area (Å²) in [5.74, 6) is -1.77. The van der Waals surface area contributed by atoms with Crippen molar-refractivity contribution in [2.45, 2.75) is 70.0 Å². The highest BCUT2D eigenvalue weighted by Gasteiger charge is 2.45. The molecule has 4 N–H and O–H groups in total. The van der Waals surface area contributed by atoms with Crippen LogP contribution in [-0.2, 0) is 9.59 Å². The van der Waals surface area contributed by atoms with E-state index in [-0.39, 0.29) is 35.9 Å². The first kappa shape index (κ1) is 36.7. The predicted octanol–water partition coefficient (Wildman–Crippen LogP) is 4.78. The quantitative estimate of drug-likeness (QED) is 0.114. The van der Waals surface area contributed by atoms with Crippen molar-refractivity contribution in [1.82, 2.24) is 39.8 Å². The van der Waals surface area contributed by atoms with Crippen LogP contribution in [0.15, 0.2) is 54.7 Å². The van der Waals surface area contributed by atoms with E-state index in [9.17, 15) is 24.0 Å². The van der Waals surface area contributed by atoms with Crippen LogP contribution in [0.3, 0.4) is 0 Å². The molecule has 0 radical (unpaired) electrons. The molecule has 3 aromatic heterocycles. The van der Waals surface area contributed by atoms with Gasteiger partial charge in [-0.2, -0.15) is 5.10 Å². The molecule has 7 heterocycles. The van der Waals surface area contributed by atoms with Crippen LogP contribution in [0.4, 0.5) is 11.5 Å². The van der Waals surface area contributed by atoms with Crippen LogP contribution in [0.1, 0.15) is 99.5 Å². The molecular formula is C42H46N10O5. The van der Waals surface area contributed by atoms with Crippen molar-refractivity contribution < 1.29 is 24.0 Å². The highest BCUT2D eigenvalue weighted by atomic mass is 16.2. The van der Waals surface area contributed by atoms with Crippen molar-refractivity contribution in [3.8, 4) is 0 Å². The lowest BCUT2D eigenvalue weighted by Crippen LogP contribution is -2.54. The Morgan fingerprint density at radius 1 is 0.947 bits per heavy atom. The average molecular weight is 771 g/mol. The Balaban J connectivity index is 0.797. The van der Waals surface area contributed by atoms with E-state index in [1.165, 1.54) is 12.1 Å². The number of aromatic amines is 1. The molecule has 57 heavy (non-hydrogen) atoms. The van der Waals surface area contributed by atoms with Crippen LogP contribution in [-0.4, -0.2) is 110 Å². The first-order valence-corrected chi connectivity index (χ1v) is 19.9. The Morgan fingerprint density at radius 2 is 1.79 bits per heavy atom. The van der Waals surface area contributed by atoms with E-state index in [4.69, 9.17) is 5.10 Å². The molecule has 2 atom stereocenters. The van der Waals surface area contributed by atoms with Crippen LogP contribution in [0.25, 0.3) is 21.8 Å². The van der Waals surface area contributed by atoms with Gasteiger partial charge in [0.1, 0.15) is 11.9 Å². The zero-order valence-electron chi connectivity index (χ0n) is 32.1. The number of pyridine rings is 1. The molecule has 4 aliphatic rings. The lowest BCUT2D eigenvalue weighted by molar-refractivity contribution is -0.136. The largest absolute Gasteiger partial charge is 0.384 e. The number of H-pyrrole nitrogens is 1. The van der Waals surface area contributed by atoms with Crippen molar-refractivity contribution in [1.29, 1.82) is 0 Å². The molecule has 5 aromatic rings. The van der Waals surface area contributed by atoms with Gasteiger partial charge in [0.2, 0.25) is 11.8 Å². The number of aromatic nitrogens is 4. The van der Waals surface area contributed by atoms with E-state index >= 15 is 0 Å². The minimum atomic E-state index is -0.998. The summed E-state index contributed by atoms with van der Waals surface area (Å²) in [7, 11) is 2.15. The smallest absolute Gasteiger partial charge is 0.264 e. The second kappa shape index (κ2) is 14.9. The minimum absolute atomic E-state index is 0.0782. The Hall–Kier alpha value is -5.93. The van der Waals surface area contributed by atoms with Gasteiger partial charge in [-0.25, -0.2) is 4.98 Å². The SMILES string of the molecule is Cc1nn(C2CCN(CCCNc3cccc4c3C(=O)N(C3CCC(=O)NC3=O)C4=O)CC2)c2cc(C(=O)Nc3cc4[nH]c([C@H]5CCCN5C)cc4cn3)ccc12. The molecule has 9 rings (SSSR count). The molecule has 15 nitrogen and oxygen atoms in total. The number of nitrogens with one attached hydrogen (secondary N) is 4. The summed E-state index contributed by atoms with van der Waals surface area (Å²) >= 11 is 0. The summed E-state index contributed by atoms with van der Waals surface area (Å²) < 4.78 is 2.09. The Kier molecular flexibility index (Phi) is 9.57. The number of amides is 5. The Morgan fingerprint density at radius 3 is 2.58 bits per heavy atom. The van der Waals surface area contributed by atoms with E-state index in [1.54, 1.807) is 18.2 Å². The number of carbonyl (C=O) groups is 5. The molecule has 0 saturated carbocycles. The van der Waals surface area contributed by atoms with Gasteiger partial charge < -0.3 is 20.5 Å². The van der Waals surface area contributed by atoms with Gasteiger partial charge in [-0.1, -0.05) is 12.1 Å². The maximum Gasteiger partial charge on any atom is 0.264 e. The summed E-state index contributed by atoms with van der Waals surface area (Å²) in [4.78, 5) is 78.1. The number of likely N-dealkylation sites (tertiary alicyclic amines) is 2. The van der Waals surface area contributed by atoms with Crippen LogP contribution < -0.4 is 16.0 Å². The minimum Gasteiger partial charge on any atom is -0.384 e. The monoisotopic (exact) mass is 770 g/mol. The number of imide groups is 2. The van der Waals surface area contributed by atoms with Crippen molar-refractivity contribution in [3.05, 3.63) is 82.8 Å². The van der Waals surface area contributed by atoms with E-state index in [1.807, 2.05) is 37.4 Å². The second-order valence-electron chi connectivity index (χ2n) is 15.8. The third kappa shape index (κ3) is 6.84. The topological polar surface area (TPSA) is 178 Å². The third-order valence-electron chi connectivity index (χ3n) is 12.1. The first-order chi connectivity index (χ1) is 27.6. The first-order valence-electron chi connectivity index (χ1n) is 19.9. The predicted molar refractivity (Wildman–Crippen MR) is 214 cm³/mol. The van der Waals surface area contributed by atoms with Gasteiger partial charge >= 0.3 is 0 Å². The number of rotatable bonds is 10. The molecule has 0 spiro atoms. The fourth-order valence-electron chi connectivity index (χ4n) is 9.08. The van der Waals surface area contributed by atoms with Crippen molar-refractivity contribution in [2.75, 3.05) is 50.4 Å². The molecule has 15 heteroatoms.